The maximum Gasteiger partial charge on any atom is 0.308 e. The van der Waals surface area contributed by atoms with E-state index in [9.17, 15) is 4.79 Å². The van der Waals surface area contributed by atoms with Gasteiger partial charge in [0.25, 0.3) is 0 Å². The maximum atomic E-state index is 12.6. The van der Waals surface area contributed by atoms with Crippen molar-refractivity contribution < 1.29 is 9.53 Å². The van der Waals surface area contributed by atoms with Crippen LogP contribution in [0, 0.1) is 11.8 Å². The molecule has 0 rings (SSSR count). The van der Waals surface area contributed by atoms with Gasteiger partial charge in [0, 0.05) is 0 Å². The molecule has 1 atom stereocenters. The molecule has 0 saturated carbocycles. The van der Waals surface area contributed by atoms with Crippen LogP contribution in [-0.4, -0.2) is 12.6 Å². The SMILES string of the molecule is CCCCCCCCCCCCC(C)C(=O)OCC(CCCCCCCC)CCCCCCCC. The van der Waals surface area contributed by atoms with Gasteiger partial charge in [0.05, 0.1) is 12.5 Å². The Labute approximate surface area is 222 Å². The smallest absolute Gasteiger partial charge is 0.308 e. The summed E-state index contributed by atoms with van der Waals surface area (Å²) in [6.45, 7) is 9.57. The predicted molar refractivity (Wildman–Crippen MR) is 156 cm³/mol. The van der Waals surface area contributed by atoms with Crippen molar-refractivity contribution in [3.63, 3.8) is 0 Å². The molecule has 0 aromatic rings. The number of ether oxygens (including phenoxy) is 1. The van der Waals surface area contributed by atoms with Gasteiger partial charge in [-0.3, -0.25) is 4.79 Å². The molecule has 2 nitrogen and oxygen atoms in total. The van der Waals surface area contributed by atoms with E-state index in [2.05, 4.69) is 27.7 Å². The van der Waals surface area contributed by atoms with Crippen LogP contribution in [0.2, 0.25) is 0 Å². The fourth-order valence-electron chi connectivity index (χ4n) is 5.14. The molecule has 1 unspecified atom stereocenters. The number of rotatable bonds is 28. The molecule has 0 aliphatic heterocycles. The topological polar surface area (TPSA) is 26.3 Å². The summed E-state index contributed by atoms with van der Waals surface area (Å²) in [5.41, 5.74) is 0. The van der Waals surface area contributed by atoms with E-state index in [-0.39, 0.29) is 11.9 Å². The normalized spacial score (nSPS) is 12.4. The first-order chi connectivity index (χ1) is 17.2. The summed E-state index contributed by atoms with van der Waals surface area (Å²) in [4.78, 5) is 12.6. The van der Waals surface area contributed by atoms with E-state index in [1.807, 2.05) is 0 Å². The lowest BCUT2D eigenvalue weighted by atomic mass is 9.94. The Morgan fingerprint density at radius 3 is 1.17 bits per heavy atom. The molecule has 35 heavy (non-hydrogen) atoms. The molecule has 0 saturated heterocycles. The Morgan fingerprint density at radius 2 is 0.800 bits per heavy atom. The standard InChI is InChI=1S/C33H66O2/c1-5-8-11-14-17-18-19-20-21-24-27-31(4)33(34)35-30-32(28-25-22-15-12-9-6-2)29-26-23-16-13-10-7-3/h31-32H,5-30H2,1-4H3. The third kappa shape index (κ3) is 24.9. The summed E-state index contributed by atoms with van der Waals surface area (Å²) in [6.07, 6.45) is 33.1. The highest BCUT2D eigenvalue weighted by Crippen LogP contribution is 2.21. The summed E-state index contributed by atoms with van der Waals surface area (Å²) >= 11 is 0. The van der Waals surface area contributed by atoms with Crippen molar-refractivity contribution in [2.75, 3.05) is 6.61 Å². The fourth-order valence-corrected chi connectivity index (χ4v) is 5.14. The molecular formula is C33H66O2. The molecule has 0 bridgehead atoms. The molecule has 0 aromatic carbocycles. The van der Waals surface area contributed by atoms with Crippen molar-refractivity contribution >= 4 is 5.97 Å². The van der Waals surface area contributed by atoms with Gasteiger partial charge in [-0.15, -0.1) is 0 Å². The van der Waals surface area contributed by atoms with Crippen LogP contribution in [-0.2, 0) is 9.53 Å². The monoisotopic (exact) mass is 495 g/mol. The molecule has 0 heterocycles. The zero-order chi connectivity index (χ0) is 25.8. The van der Waals surface area contributed by atoms with Crippen LogP contribution in [0.3, 0.4) is 0 Å². The van der Waals surface area contributed by atoms with E-state index >= 15 is 0 Å². The summed E-state index contributed by atoms with van der Waals surface area (Å²) in [5.74, 6) is 0.686. The van der Waals surface area contributed by atoms with Gasteiger partial charge in [0.2, 0.25) is 0 Å². The quantitative estimate of drug-likeness (QED) is 0.0798. The number of esters is 1. The highest BCUT2D eigenvalue weighted by molar-refractivity contribution is 5.71. The Kier molecular flexibility index (Phi) is 27.6. The van der Waals surface area contributed by atoms with Crippen molar-refractivity contribution in [1.29, 1.82) is 0 Å². The van der Waals surface area contributed by atoms with Crippen molar-refractivity contribution in [2.24, 2.45) is 11.8 Å². The molecule has 0 radical (unpaired) electrons. The van der Waals surface area contributed by atoms with Crippen LogP contribution in [0.4, 0.5) is 0 Å². The minimum absolute atomic E-state index is 0.0526. The van der Waals surface area contributed by atoms with Crippen LogP contribution < -0.4 is 0 Å². The van der Waals surface area contributed by atoms with Gasteiger partial charge in [0.15, 0.2) is 0 Å². The Morgan fingerprint density at radius 1 is 0.486 bits per heavy atom. The minimum atomic E-state index is 0.0526. The lowest BCUT2D eigenvalue weighted by molar-refractivity contribution is -0.149. The Hall–Kier alpha value is -0.530. The lowest BCUT2D eigenvalue weighted by Crippen LogP contribution is -2.20. The van der Waals surface area contributed by atoms with E-state index < -0.39 is 0 Å². The van der Waals surface area contributed by atoms with Crippen LogP contribution in [0.25, 0.3) is 0 Å². The van der Waals surface area contributed by atoms with E-state index in [0.717, 1.165) is 6.42 Å². The van der Waals surface area contributed by atoms with Crippen molar-refractivity contribution in [1.82, 2.24) is 0 Å². The van der Waals surface area contributed by atoms with E-state index in [1.165, 1.54) is 154 Å². The zero-order valence-corrected chi connectivity index (χ0v) is 24.9. The first-order valence-electron chi connectivity index (χ1n) is 16.3. The highest BCUT2D eigenvalue weighted by atomic mass is 16.5. The van der Waals surface area contributed by atoms with Gasteiger partial charge in [-0.2, -0.15) is 0 Å². The maximum absolute atomic E-state index is 12.6. The average Bonchev–Trinajstić information content (AvgIpc) is 2.86. The van der Waals surface area contributed by atoms with Crippen LogP contribution >= 0.6 is 0 Å². The van der Waals surface area contributed by atoms with E-state index in [1.54, 1.807) is 0 Å². The van der Waals surface area contributed by atoms with Gasteiger partial charge in [0.1, 0.15) is 0 Å². The lowest BCUT2D eigenvalue weighted by Gasteiger charge is -2.19. The number of hydrogen-bond donors (Lipinski definition) is 0. The fraction of sp³-hybridized carbons (Fsp3) is 0.970. The molecular weight excluding hydrogens is 428 g/mol. The molecule has 0 amide bonds. The predicted octanol–water partition coefficient (Wildman–Crippen LogP) is 11.6. The highest BCUT2D eigenvalue weighted by Gasteiger charge is 2.17. The largest absolute Gasteiger partial charge is 0.465 e. The van der Waals surface area contributed by atoms with Crippen LogP contribution in [0.5, 0.6) is 0 Å². The minimum Gasteiger partial charge on any atom is -0.465 e. The van der Waals surface area contributed by atoms with E-state index in [0.29, 0.717) is 12.5 Å². The molecule has 0 aliphatic rings. The van der Waals surface area contributed by atoms with Crippen LogP contribution in [0.1, 0.15) is 188 Å². The average molecular weight is 495 g/mol. The summed E-state index contributed by atoms with van der Waals surface area (Å²) in [7, 11) is 0. The van der Waals surface area contributed by atoms with Gasteiger partial charge in [-0.1, -0.05) is 169 Å². The third-order valence-corrected chi connectivity index (χ3v) is 7.79. The summed E-state index contributed by atoms with van der Waals surface area (Å²) in [5, 5.41) is 0. The van der Waals surface area contributed by atoms with Crippen LogP contribution in [0.15, 0.2) is 0 Å². The summed E-state index contributed by atoms with van der Waals surface area (Å²) < 4.78 is 5.86. The van der Waals surface area contributed by atoms with Gasteiger partial charge in [-0.05, 0) is 25.2 Å². The second-order valence-corrected chi connectivity index (χ2v) is 11.5. The van der Waals surface area contributed by atoms with E-state index in [4.69, 9.17) is 4.74 Å². The first kappa shape index (κ1) is 34.5. The molecule has 0 aromatic heterocycles. The third-order valence-electron chi connectivity index (χ3n) is 7.79. The van der Waals surface area contributed by atoms with Crippen molar-refractivity contribution in [3.8, 4) is 0 Å². The van der Waals surface area contributed by atoms with Crippen molar-refractivity contribution in [3.05, 3.63) is 0 Å². The molecule has 0 fully saturated rings. The molecule has 0 N–H and O–H groups in total. The Balaban J connectivity index is 4.02. The van der Waals surface area contributed by atoms with Gasteiger partial charge < -0.3 is 4.74 Å². The molecule has 2 heteroatoms. The van der Waals surface area contributed by atoms with Gasteiger partial charge in [-0.25, -0.2) is 0 Å². The Bertz CT molecular complexity index is 403. The molecule has 210 valence electrons. The zero-order valence-electron chi connectivity index (χ0n) is 24.9. The van der Waals surface area contributed by atoms with Gasteiger partial charge >= 0.3 is 5.97 Å². The second kappa shape index (κ2) is 28.0. The number of unbranched alkanes of at least 4 members (excludes halogenated alkanes) is 19. The second-order valence-electron chi connectivity index (χ2n) is 11.5. The first-order valence-corrected chi connectivity index (χ1v) is 16.3. The number of carbonyl (C=O) groups excluding carboxylic acids is 1. The number of carbonyl (C=O) groups is 1. The molecule has 0 aliphatic carbocycles. The summed E-state index contributed by atoms with van der Waals surface area (Å²) in [6, 6.07) is 0. The van der Waals surface area contributed by atoms with Crippen molar-refractivity contribution in [2.45, 2.75) is 188 Å². The number of hydrogen-bond acceptors (Lipinski definition) is 2. The molecule has 0 spiro atoms.